The first-order chi connectivity index (χ1) is 6.70. The van der Waals surface area contributed by atoms with E-state index < -0.39 is 11.9 Å². The van der Waals surface area contributed by atoms with Crippen LogP contribution in [0.25, 0.3) is 0 Å². The molecule has 0 spiro atoms. The Balaban J connectivity index is 2.19. The first kappa shape index (κ1) is 9.21. The van der Waals surface area contributed by atoms with Crippen LogP contribution in [-0.4, -0.2) is 23.5 Å². The third-order valence-electron chi connectivity index (χ3n) is 2.32. The van der Waals surface area contributed by atoms with E-state index in [0.717, 1.165) is 5.69 Å². The van der Waals surface area contributed by atoms with Crippen LogP contribution in [0.4, 0.5) is 5.69 Å². The van der Waals surface area contributed by atoms with Crippen molar-refractivity contribution in [2.24, 2.45) is 5.92 Å². The highest BCUT2D eigenvalue weighted by Crippen LogP contribution is 2.26. The summed E-state index contributed by atoms with van der Waals surface area (Å²) >= 11 is 1.50. The summed E-state index contributed by atoms with van der Waals surface area (Å²) in [6.07, 6.45) is 0.407. The zero-order valence-corrected chi connectivity index (χ0v) is 8.16. The van der Waals surface area contributed by atoms with Gasteiger partial charge in [0.15, 0.2) is 0 Å². The molecule has 4 nitrogen and oxygen atoms in total. The van der Waals surface area contributed by atoms with Crippen LogP contribution in [0.15, 0.2) is 16.8 Å². The van der Waals surface area contributed by atoms with Crippen molar-refractivity contribution in [3.63, 3.8) is 0 Å². The number of carbonyl (C=O) groups is 2. The lowest BCUT2D eigenvalue weighted by Gasteiger charge is -2.13. The third kappa shape index (κ3) is 1.39. The molecular formula is C9H9NO3S. The van der Waals surface area contributed by atoms with Gasteiger partial charge in [-0.25, -0.2) is 0 Å². The van der Waals surface area contributed by atoms with Gasteiger partial charge in [0, 0.05) is 11.9 Å². The van der Waals surface area contributed by atoms with Crippen LogP contribution in [0.5, 0.6) is 0 Å². The second-order valence-corrected chi connectivity index (χ2v) is 3.93. The monoisotopic (exact) mass is 211 g/mol. The Morgan fingerprint density at radius 3 is 2.93 bits per heavy atom. The first-order valence-corrected chi connectivity index (χ1v) is 5.21. The fourth-order valence-electron chi connectivity index (χ4n) is 1.58. The van der Waals surface area contributed by atoms with E-state index in [1.807, 2.05) is 16.8 Å². The predicted molar refractivity (Wildman–Crippen MR) is 52.4 cm³/mol. The number of carboxylic acids is 1. The van der Waals surface area contributed by atoms with E-state index in [4.69, 9.17) is 5.11 Å². The van der Waals surface area contributed by atoms with Crippen molar-refractivity contribution in [3.8, 4) is 0 Å². The van der Waals surface area contributed by atoms with Crippen molar-refractivity contribution in [1.29, 1.82) is 0 Å². The van der Waals surface area contributed by atoms with Gasteiger partial charge in [-0.2, -0.15) is 11.3 Å². The molecule has 1 fully saturated rings. The normalized spacial score (nSPS) is 21.6. The van der Waals surface area contributed by atoms with Crippen molar-refractivity contribution in [1.82, 2.24) is 0 Å². The largest absolute Gasteiger partial charge is 0.481 e. The maximum atomic E-state index is 11.6. The second kappa shape index (κ2) is 3.42. The summed E-state index contributed by atoms with van der Waals surface area (Å²) < 4.78 is 0. The minimum atomic E-state index is -1.02. The summed E-state index contributed by atoms with van der Waals surface area (Å²) in [6.45, 7) is 0.506. The summed E-state index contributed by atoms with van der Waals surface area (Å²) in [5, 5.41) is 12.5. The number of aliphatic carboxylic acids is 1. The van der Waals surface area contributed by atoms with Gasteiger partial charge in [0.05, 0.1) is 5.69 Å². The number of hydrogen-bond donors (Lipinski definition) is 1. The zero-order valence-electron chi connectivity index (χ0n) is 7.34. The van der Waals surface area contributed by atoms with Crippen LogP contribution in [0.3, 0.4) is 0 Å². The van der Waals surface area contributed by atoms with E-state index in [1.54, 1.807) is 0 Å². The molecule has 0 saturated carbocycles. The SMILES string of the molecule is O=C(O)C1CCN(c2ccsc2)C1=O. The average molecular weight is 211 g/mol. The molecule has 1 aliphatic rings. The lowest BCUT2D eigenvalue weighted by atomic mass is 10.1. The number of hydrogen-bond acceptors (Lipinski definition) is 3. The third-order valence-corrected chi connectivity index (χ3v) is 2.99. The highest BCUT2D eigenvalue weighted by atomic mass is 32.1. The maximum absolute atomic E-state index is 11.6. The van der Waals surface area contributed by atoms with Gasteiger partial charge in [-0.1, -0.05) is 0 Å². The molecule has 0 aromatic carbocycles. The summed E-state index contributed by atoms with van der Waals surface area (Å²) in [6, 6.07) is 1.83. The van der Waals surface area contributed by atoms with Crippen molar-refractivity contribution >= 4 is 28.9 Å². The molecule has 0 aliphatic carbocycles. The Kier molecular flexibility index (Phi) is 2.25. The van der Waals surface area contributed by atoms with E-state index in [2.05, 4.69) is 0 Å². The van der Waals surface area contributed by atoms with Crippen LogP contribution in [0.1, 0.15) is 6.42 Å². The standard InChI is InChI=1S/C9H9NO3S/c11-8-7(9(12)13)1-3-10(8)6-2-4-14-5-6/h2,4-5,7H,1,3H2,(H,12,13). The summed E-state index contributed by atoms with van der Waals surface area (Å²) in [4.78, 5) is 23.8. The van der Waals surface area contributed by atoms with Crippen LogP contribution >= 0.6 is 11.3 Å². The number of carboxylic acid groups (broad SMARTS) is 1. The van der Waals surface area contributed by atoms with Crippen LogP contribution in [0.2, 0.25) is 0 Å². The van der Waals surface area contributed by atoms with Gasteiger partial charge in [-0.3, -0.25) is 9.59 Å². The van der Waals surface area contributed by atoms with E-state index in [1.165, 1.54) is 16.2 Å². The molecule has 5 heteroatoms. The predicted octanol–water partition coefficient (Wildman–Crippen LogP) is 1.19. The maximum Gasteiger partial charge on any atom is 0.316 e. The van der Waals surface area contributed by atoms with Crippen molar-refractivity contribution in [2.45, 2.75) is 6.42 Å². The zero-order chi connectivity index (χ0) is 10.1. The highest BCUT2D eigenvalue weighted by Gasteiger charge is 2.37. The molecular weight excluding hydrogens is 202 g/mol. The number of thiophene rings is 1. The van der Waals surface area contributed by atoms with Crippen molar-refractivity contribution in [2.75, 3.05) is 11.4 Å². The van der Waals surface area contributed by atoms with Crippen molar-refractivity contribution in [3.05, 3.63) is 16.8 Å². The summed E-state index contributed by atoms with van der Waals surface area (Å²) in [5.74, 6) is -2.17. The number of nitrogens with zero attached hydrogens (tertiary/aromatic N) is 1. The molecule has 1 aliphatic heterocycles. The van der Waals surface area contributed by atoms with Gasteiger partial charge < -0.3 is 10.0 Å². The number of anilines is 1. The molecule has 1 saturated heterocycles. The number of amides is 1. The van der Waals surface area contributed by atoms with Gasteiger partial charge in [0.1, 0.15) is 5.92 Å². The molecule has 0 bridgehead atoms. The van der Waals surface area contributed by atoms with E-state index in [0.29, 0.717) is 13.0 Å². The fraction of sp³-hybridized carbons (Fsp3) is 0.333. The molecule has 1 N–H and O–H groups in total. The lowest BCUT2D eigenvalue weighted by molar-refractivity contribution is -0.144. The molecule has 14 heavy (non-hydrogen) atoms. The van der Waals surface area contributed by atoms with Gasteiger partial charge in [0.2, 0.25) is 5.91 Å². The molecule has 0 radical (unpaired) electrons. The van der Waals surface area contributed by atoms with E-state index in [9.17, 15) is 9.59 Å². The van der Waals surface area contributed by atoms with Crippen LogP contribution < -0.4 is 4.90 Å². The molecule has 1 aromatic rings. The minimum absolute atomic E-state index is 0.295. The van der Waals surface area contributed by atoms with Gasteiger partial charge in [-0.15, -0.1) is 0 Å². The Morgan fingerprint density at radius 1 is 1.64 bits per heavy atom. The molecule has 2 rings (SSSR count). The number of rotatable bonds is 2. The Hall–Kier alpha value is -1.36. The molecule has 2 heterocycles. The van der Waals surface area contributed by atoms with Gasteiger partial charge in [-0.05, 0) is 17.9 Å². The van der Waals surface area contributed by atoms with Gasteiger partial charge in [0.25, 0.3) is 0 Å². The van der Waals surface area contributed by atoms with Crippen LogP contribution in [-0.2, 0) is 9.59 Å². The topological polar surface area (TPSA) is 57.6 Å². The first-order valence-electron chi connectivity index (χ1n) is 4.26. The van der Waals surface area contributed by atoms with Crippen LogP contribution in [0, 0.1) is 5.92 Å². The molecule has 1 atom stereocenters. The quantitative estimate of drug-likeness (QED) is 0.747. The Bertz CT molecular complexity index is 360. The Morgan fingerprint density at radius 2 is 2.43 bits per heavy atom. The minimum Gasteiger partial charge on any atom is -0.481 e. The Labute approximate surface area is 84.8 Å². The second-order valence-electron chi connectivity index (χ2n) is 3.15. The number of carbonyl (C=O) groups excluding carboxylic acids is 1. The summed E-state index contributed by atoms with van der Waals surface area (Å²) in [7, 11) is 0. The smallest absolute Gasteiger partial charge is 0.316 e. The van der Waals surface area contributed by atoms with Crippen molar-refractivity contribution < 1.29 is 14.7 Å². The molecule has 74 valence electrons. The molecule has 1 amide bonds. The lowest BCUT2D eigenvalue weighted by Crippen LogP contribution is -2.29. The summed E-state index contributed by atoms with van der Waals surface area (Å²) in [5.41, 5.74) is 0.809. The molecule has 1 unspecified atom stereocenters. The van der Waals surface area contributed by atoms with E-state index >= 15 is 0 Å². The fourth-order valence-corrected chi connectivity index (χ4v) is 2.22. The van der Waals surface area contributed by atoms with E-state index in [-0.39, 0.29) is 5.91 Å². The molecule has 1 aromatic heterocycles. The highest BCUT2D eigenvalue weighted by molar-refractivity contribution is 7.08. The average Bonchev–Trinajstić information content (AvgIpc) is 2.71. The van der Waals surface area contributed by atoms with Gasteiger partial charge >= 0.3 is 5.97 Å².